The first kappa shape index (κ1) is 23.2. The molecule has 190 valence electrons. The van der Waals surface area contributed by atoms with Crippen molar-refractivity contribution in [3.8, 4) is 0 Å². The van der Waals surface area contributed by atoms with Crippen LogP contribution in [-0.2, 0) is 7.05 Å². The monoisotopic (exact) mass is 479 g/mol. The van der Waals surface area contributed by atoms with E-state index in [9.17, 15) is 4.79 Å². The maximum Gasteiger partial charge on any atom is 0.272 e. The molecule has 2 bridgehead atoms. The lowest BCUT2D eigenvalue weighted by molar-refractivity contribution is 0.0895. The molecule has 8 heteroatoms. The molecule has 6 heterocycles. The number of nitrogens with one attached hydrogen (secondary N) is 2. The van der Waals surface area contributed by atoms with Crippen LogP contribution in [-0.4, -0.2) is 76.4 Å². The standard InChI is InChI=1S/C27H41N7O/c1-32-26-23(8-9-24(30-26)34-12-4-2-3-5-13-34)25(31-32)27(35)29-20-10-14-33(15-11-20)18-19-16-21-6-7-22(17-19)28-21/h8-9,19-22,28H,2-7,10-18H2,1H3,(H,29,35). The number of aromatic nitrogens is 3. The SMILES string of the molecule is Cn1nc(C(=O)NC2CCN(CC3CC4CCC(C3)N4)CC2)c2ccc(N3CCCCCC3)nc21. The van der Waals surface area contributed by atoms with E-state index in [0.717, 1.165) is 73.9 Å². The van der Waals surface area contributed by atoms with Crippen LogP contribution in [0, 0.1) is 5.92 Å². The highest BCUT2D eigenvalue weighted by atomic mass is 16.2. The third-order valence-corrected chi connectivity index (χ3v) is 8.83. The number of pyridine rings is 1. The van der Waals surface area contributed by atoms with Crippen molar-refractivity contribution in [1.29, 1.82) is 0 Å². The highest BCUT2D eigenvalue weighted by molar-refractivity contribution is 6.04. The van der Waals surface area contributed by atoms with E-state index in [1.165, 1.54) is 57.9 Å². The highest BCUT2D eigenvalue weighted by Crippen LogP contribution is 2.32. The lowest BCUT2D eigenvalue weighted by atomic mass is 9.91. The Hall–Kier alpha value is -2.19. The predicted molar refractivity (Wildman–Crippen MR) is 139 cm³/mol. The summed E-state index contributed by atoms with van der Waals surface area (Å²) in [5.41, 5.74) is 1.30. The zero-order valence-corrected chi connectivity index (χ0v) is 21.2. The Balaban J connectivity index is 1.05. The fourth-order valence-electron chi connectivity index (χ4n) is 6.97. The quantitative estimate of drug-likeness (QED) is 0.686. The molecule has 0 spiro atoms. The van der Waals surface area contributed by atoms with Gasteiger partial charge in [0.05, 0.1) is 5.39 Å². The highest BCUT2D eigenvalue weighted by Gasteiger charge is 2.34. The molecule has 4 fully saturated rings. The van der Waals surface area contributed by atoms with E-state index in [1.54, 1.807) is 4.68 Å². The normalized spacial score (nSPS) is 28.4. The van der Waals surface area contributed by atoms with Crippen LogP contribution in [0.4, 0.5) is 5.82 Å². The molecule has 4 aliphatic rings. The van der Waals surface area contributed by atoms with E-state index in [1.807, 2.05) is 13.1 Å². The Labute approximate surface area is 208 Å². The first-order valence-electron chi connectivity index (χ1n) is 14.0. The van der Waals surface area contributed by atoms with E-state index < -0.39 is 0 Å². The first-order chi connectivity index (χ1) is 17.1. The molecule has 1 amide bonds. The molecular formula is C27H41N7O. The van der Waals surface area contributed by atoms with Crippen molar-refractivity contribution in [2.45, 2.75) is 82.3 Å². The number of anilines is 1. The van der Waals surface area contributed by atoms with E-state index >= 15 is 0 Å². The number of carbonyl (C=O) groups is 1. The van der Waals surface area contributed by atoms with E-state index in [2.05, 4.69) is 31.6 Å². The van der Waals surface area contributed by atoms with Crippen LogP contribution in [0.3, 0.4) is 0 Å². The van der Waals surface area contributed by atoms with Crippen molar-refractivity contribution < 1.29 is 4.79 Å². The topological polar surface area (TPSA) is 78.3 Å². The molecule has 4 saturated heterocycles. The molecule has 0 aliphatic carbocycles. The number of carbonyl (C=O) groups excluding carboxylic acids is 1. The lowest BCUT2D eigenvalue weighted by Gasteiger charge is -2.37. The molecule has 8 nitrogen and oxygen atoms in total. The largest absolute Gasteiger partial charge is 0.357 e. The number of hydrogen-bond donors (Lipinski definition) is 2. The second kappa shape index (κ2) is 10.1. The van der Waals surface area contributed by atoms with Gasteiger partial charge < -0.3 is 20.4 Å². The minimum absolute atomic E-state index is 0.0618. The lowest BCUT2D eigenvalue weighted by Crippen LogP contribution is -2.47. The van der Waals surface area contributed by atoms with Crippen molar-refractivity contribution >= 4 is 22.8 Å². The van der Waals surface area contributed by atoms with Gasteiger partial charge in [-0.05, 0) is 69.4 Å². The van der Waals surface area contributed by atoms with Gasteiger partial charge in [0.15, 0.2) is 11.3 Å². The zero-order valence-electron chi connectivity index (χ0n) is 21.2. The van der Waals surface area contributed by atoms with E-state index in [-0.39, 0.29) is 11.9 Å². The number of rotatable bonds is 5. The van der Waals surface area contributed by atoms with Crippen molar-refractivity contribution in [3.63, 3.8) is 0 Å². The van der Waals surface area contributed by atoms with Gasteiger partial charge in [-0.3, -0.25) is 4.79 Å². The summed E-state index contributed by atoms with van der Waals surface area (Å²) in [6.07, 6.45) is 12.5. The van der Waals surface area contributed by atoms with Crippen LogP contribution in [0.15, 0.2) is 12.1 Å². The fourth-order valence-corrected chi connectivity index (χ4v) is 6.97. The minimum Gasteiger partial charge on any atom is -0.357 e. The van der Waals surface area contributed by atoms with Crippen molar-refractivity contribution in [2.24, 2.45) is 13.0 Å². The van der Waals surface area contributed by atoms with Gasteiger partial charge in [-0.2, -0.15) is 5.10 Å². The van der Waals surface area contributed by atoms with Gasteiger partial charge in [-0.25, -0.2) is 9.67 Å². The van der Waals surface area contributed by atoms with Gasteiger partial charge in [0, 0.05) is 57.9 Å². The maximum absolute atomic E-state index is 13.2. The van der Waals surface area contributed by atoms with Gasteiger partial charge in [-0.1, -0.05) is 12.8 Å². The van der Waals surface area contributed by atoms with Crippen molar-refractivity contribution in [3.05, 3.63) is 17.8 Å². The minimum atomic E-state index is -0.0618. The zero-order chi connectivity index (χ0) is 23.8. The van der Waals surface area contributed by atoms with Gasteiger partial charge >= 0.3 is 0 Å². The Morgan fingerprint density at radius 3 is 2.43 bits per heavy atom. The molecule has 2 aromatic heterocycles. The molecule has 6 rings (SSSR count). The van der Waals surface area contributed by atoms with E-state index in [4.69, 9.17) is 4.98 Å². The summed E-state index contributed by atoms with van der Waals surface area (Å²) in [6.45, 7) is 5.50. The maximum atomic E-state index is 13.2. The first-order valence-corrected chi connectivity index (χ1v) is 14.0. The van der Waals surface area contributed by atoms with Gasteiger partial charge in [0.1, 0.15) is 5.82 Å². The number of nitrogens with zero attached hydrogens (tertiary/aromatic N) is 5. The van der Waals surface area contributed by atoms with Crippen LogP contribution in [0.5, 0.6) is 0 Å². The van der Waals surface area contributed by atoms with Gasteiger partial charge in [-0.15, -0.1) is 0 Å². The third kappa shape index (κ3) is 5.05. The number of aryl methyl sites for hydroxylation is 1. The molecule has 0 saturated carbocycles. The Morgan fingerprint density at radius 2 is 1.71 bits per heavy atom. The summed E-state index contributed by atoms with van der Waals surface area (Å²) < 4.78 is 1.76. The molecule has 4 aliphatic heterocycles. The Bertz CT molecular complexity index is 1020. The second-order valence-corrected chi connectivity index (χ2v) is 11.4. The molecule has 35 heavy (non-hydrogen) atoms. The molecule has 0 aromatic carbocycles. The number of piperidine rings is 2. The average Bonchev–Trinajstić information content (AvgIpc) is 3.24. The van der Waals surface area contributed by atoms with Crippen LogP contribution < -0.4 is 15.5 Å². The summed E-state index contributed by atoms with van der Waals surface area (Å²) in [7, 11) is 1.89. The Kier molecular flexibility index (Phi) is 6.67. The molecule has 0 radical (unpaired) electrons. The van der Waals surface area contributed by atoms with Crippen LogP contribution in [0.2, 0.25) is 0 Å². The van der Waals surface area contributed by atoms with Crippen molar-refractivity contribution in [2.75, 3.05) is 37.6 Å². The number of likely N-dealkylation sites (tertiary alicyclic amines) is 1. The average molecular weight is 480 g/mol. The molecular weight excluding hydrogens is 438 g/mol. The summed E-state index contributed by atoms with van der Waals surface area (Å²) in [6, 6.07) is 5.86. The van der Waals surface area contributed by atoms with Crippen LogP contribution in [0.1, 0.15) is 74.7 Å². The number of amides is 1. The van der Waals surface area contributed by atoms with Gasteiger partial charge in [0.25, 0.3) is 5.91 Å². The van der Waals surface area contributed by atoms with Gasteiger partial charge in [0.2, 0.25) is 0 Å². The summed E-state index contributed by atoms with van der Waals surface area (Å²) in [5.74, 6) is 1.78. The third-order valence-electron chi connectivity index (χ3n) is 8.83. The molecule has 2 unspecified atom stereocenters. The predicted octanol–water partition coefficient (Wildman–Crippen LogP) is 3.07. The summed E-state index contributed by atoms with van der Waals surface area (Å²) in [5, 5.41) is 12.5. The van der Waals surface area contributed by atoms with E-state index in [0.29, 0.717) is 5.69 Å². The Morgan fingerprint density at radius 1 is 1.00 bits per heavy atom. The number of hydrogen-bond acceptors (Lipinski definition) is 6. The summed E-state index contributed by atoms with van der Waals surface area (Å²) in [4.78, 5) is 23.1. The second-order valence-electron chi connectivity index (χ2n) is 11.4. The molecule has 2 atom stereocenters. The smallest absolute Gasteiger partial charge is 0.272 e. The van der Waals surface area contributed by atoms with Crippen molar-refractivity contribution in [1.82, 2.24) is 30.3 Å². The molecule has 2 N–H and O–H groups in total. The number of fused-ring (bicyclic) bond motifs is 3. The van der Waals surface area contributed by atoms with Crippen LogP contribution in [0.25, 0.3) is 11.0 Å². The summed E-state index contributed by atoms with van der Waals surface area (Å²) >= 11 is 0. The van der Waals surface area contributed by atoms with Crippen LogP contribution >= 0.6 is 0 Å². The molecule has 2 aromatic rings. The fraction of sp³-hybridized carbons (Fsp3) is 0.741.